The van der Waals surface area contributed by atoms with E-state index in [2.05, 4.69) is 15.6 Å². The van der Waals surface area contributed by atoms with E-state index in [0.717, 1.165) is 22.4 Å². The van der Waals surface area contributed by atoms with Crippen molar-refractivity contribution in [1.82, 2.24) is 15.6 Å². The van der Waals surface area contributed by atoms with Gasteiger partial charge in [-0.15, -0.1) is 0 Å². The monoisotopic (exact) mass is 474 g/mol. The van der Waals surface area contributed by atoms with Crippen LogP contribution < -0.4 is 21.1 Å². The second-order valence-electron chi connectivity index (χ2n) is 9.59. The highest BCUT2D eigenvalue weighted by Gasteiger charge is 2.27. The van der Waals surface area contributed by atoms with E-state index in [-0.39, 0.29) is 11.8 Å². The first-order valence-electron chi connectivity index (χ1n) is 11.7. The van der Waals surface area contributed by atoms with Crippen molar-refractivity contribution >= 4 is 11.8 Å². The van der Waals surface area contributed by atoms with Gasteiger partial charge in [-0.1, -0.05) is 42.5 Å². The number of carbonyl (C=O) groups is 2. The molecule has 0 aliphatic carbocycles. The minimum atomic E-state index is -0.781. The van der Waals surface area contributed by atoms with Gasteiger partial charge in [0.2, 0.25) is 11.8 Å². The molecule has 0 aliphatic heterocycles. The summed E-state index contributed by atoms with van der Waals surface area (Å²) in [6, 6.07) is 19.6. The van der Waals surface area contributed by atoms with Gasteiger partial charge in [0.05, 0.1) is 6.04 Å². The minimum Gasteiger partial charge on any atom is -0.489 e. The van der Waals surface area contributed by atoms with E-state index >= 15 is 0 Å². The van der Waals surface area contributed by atoms with Crippen molar-refractivity contribution in [1.29, 1.82) is 0 Å². The Balaban J connectivity index is 1.64. The first-order valence-corrected chi connectivity index (χ1v) is 11.7. The molecule has 2 amide bonds. The Bertz CT molecular complexity index is 1080. The van der Waals surface area contributed by atoms with E-state index in [0.29, 0.717) is 19.4 Å². The molecule has 0 unspecified atom stereocenters. The number of pyridine rings is 1. The molecule has 2 aromatic carbocycles. The highest BCUT2D eigenvalue weighted by Crippen LogP contribution is 2.16. The second kappa shape index (κ2) is 12.1. The second-order valence-corrected chi connectivity index (χ2v) is 9.59. The molecular formula is C28H34N4O3. The summed E-state index contributed by atoms with van der Waals surface area (Å²) in [6.07, 6.45) is 4.00. The lowest BCUT2D eigenvalue weighted by atomic mass is 10.0. The molecule has 0 radical (unpaired) electrons. The number of nitrogens with zero attached hydrogens (tertiary/aromatic N) is 1. The maximum Gasteiger partial charge on any atom is 0.243 e. The number of rotatable bonds is 10. The van der Waals surface area contributed by atoms with Gasteiger partial charge in [0.25, 0.3) is 0 Å². The third kappa shape index (κ3) is 8.87. The summed E-state index contributed by atoms with van der Waals surface area (Å²) in [4.78, 5) is 29.8. The lowest BCUT2D eigenvalue weighted by Crippen LogP contribution is -2.56. The zero-order valence-corrected chi connectivity index (χ0v) is 20.5. The summed E-state index contributed by atoms with van der Waals surface area (Å²) in [5.41, 5.74) is 8.59. The number of nitrogens with one attached hydrogen (secondary N) is 2. The van der Waals surface area contributed by atoms with Crippen molar-refractivity contribution in [3.05, 3.63) is 95.8 Å². The number of hydrogen-bond acceptors (Lipinski definition) is 5. The Hall–Kier alpha value is -3.71. The minimum absolute atomic E-state index is 0.258. The normalized spacial score (nSPS) is 12.9. The van der Waals surface area contributed by atoms with Crippen LogP contribution in [0.5, 0.6) is 5.75 Å². The lowest BCUT2D eigenvalue weighted by Gasteiger charge is -2.26. The molecule has 7 nitrogen and oxygen atoms in total. The number of aromatic nitrogens is 1. The van der Waals surface area contributed by atoms with E-state index < -0.39 is 17.6 Å². The van der Waals surface area contributed by atoms with Crippen LogP contribution >= 0.6 is 0 Å². The molecule has 4 N–H and O–H groups in total. The lowest BCUT2D eigenvalue weighted by molar-refractivity contribution is -0.130. The zero-order chi connectivity index (χ0) is 25.3. The Morgan fingerprint density at radius 1 is 0.857 bits per heavy atom. The summed E-state index contributed by atoms with van der Waals surface area (Å²) in [5, 5.41) is 5.80. The van der Waals surface area contributed by atoms with E-state index in [9.17, 15) is 9.59 Å². The fourth-order valence-corrected chi connectivity index (χ4v) is 3.51. The Kier molecular flexibility index (Phi) is 8.98. The molecule has 0 saturated heterocycles. The molecule has 3 aromatic rings. The molecule has 0 aliphatic rings. The van der Waals surface area contributed by atoms with Crippen LogP contribution in [0.4, 0.5) is 0 Å². The fraction of sp³-hybridized carbons (Fsp3) is 0.321. The molecular weight excluding hydrogens is 440 g/mol. The third-order valence-electron chi connectivity index (χ3n) is 5.28. The summed E-state index contributed by atoms with van der Waals surface area (Å²) >= 11 is 0. The molecule has 0 saturated carbocycles. The first kappa shape index (κ1) is 25.9. The van der Waals surface area contributed by atoms with Crippen LogP contribution in [-0.2, 0) is 29.0 Å². The van der Waals surface area contributed by atoms with Gasteiger partial charge in [0, 0.05) is 24.4 Å². The number of hydrogen-bond donors (Lipinski definition) is 3. The van der Waals surface area contributed by atoms with Gasteiger partial charge in [-0.3, -0.25) is 14.6 Å². The predicted octanol–water partition coefficient (Wildman–Crippen LogP) is 3.17. The standard InChI is InChI=1S/C28H34N4O3/c1-28(2,3)32-27(34)25(31-26(33)24(29)17-21-13-15-30-16-14-21)18-20-9-11-23(12-10-20)35-19-22-7-5-4-6-8-22/h4-16,24-25H,17-19,29H2,1-3H3,(H,31,33)(H,32,34)/t24-,25-/m0/s1. The fourth-order valence-electron chi connectivity index (χ4n) is 3.51. The molecule has 0 spiro atoms. The van der Waals surface area contributed by atoms with Gasteiger partial charge in [-0.2, -0.15) is 0 Å². The van der Waals surface area contributed by atoms with E-state index in [4.69, 9.17) is 10.5 Å². The van der Waals surface area contributed by atoms with Crippen LogP contribution in [0, 0.1) is 0 Å². The van der Waals surface area contributed by atoms with Crippen molar-refractivity contribution in [2.24, 2.45) is 5.73 Å². The molecule has 0 bridgehead atoms. The van der Waals surface area contributed by atoms with Crippen LogP contribution in [0.2, 0.25) is 0 Å². The molecule has 1 heterocycles. The zero-order valence-electron chi connectivity index (χ0n) is 20.5. The van der Waals surface area contributed by atoms with Gasteiger partial charge in [-0.05, 0) is 68.1 Å². The van der Waals surface area contributed by atoms with E-state index in [1.54, 1.807) is 12.4 Å². The molecule has 7 heteroatoms. The first-order chi connectivity index (χ1) is 16.7. The summed E-state index contributed by atoms with van der Waals surface area (Å²) in [6.45, 7) is 6.18. The number of carbonyl (C=O) groups excluding carboxylic acids is 2. The number of benzene rings is 2. The van der Waals surface area contributed by atoms with Crippen LogP contribution in [0.1, 0.15) is 37.5 Å². The highest BCUT2D eigenvalue weighted by molar-refractivity contribution is 5.90. The average Bonchev–Trinajstić information content (AvgIpc) is 2.83. The van der Waals surface area contributed by atoms with E-state index in [1.165, 1.54) is 0 Å². The molecule has 1 aromatic heterocycles. The number of ether oxygens (including phenoxy) is 1. The van der Waals surface area contributed by atoms with Gasteiger partial charge < -0.3 is 21.1 Å². The third-order valence-corrected chi connectivity index (χ3v) is 5.28. The van der Waals surface area contributed by atoms with Crippen LogP contribution in [-0.4, -0.2) is 34.4 Å². The van der Waals surface area contributed by atoms with Gasteiger partial charge >= 0.3 is 0 Å². The Morgan fingerprint density at radius 3 is 2.11 bits per heavy atom. The van der Waals surface area contributed by atoms with E-state index in [1.807, 2.05) is 87.5 Å². The van der Waals surface area contributed by atoms with Crippen LogP contribution in [0.25, 0.3) is 0 Å². The smallest absolute Gasteiger partial charge is 0.243 e. The maximum absolute atomic E-state index is 13.0. The molecule has 0 fully saturated rings. The summed E-state index contributed by atoms with van der Waals surface area (Å²) in [7, 11) is 0. The van der Waals surface area contributed by atoms with Gasteiger partial charge in [-0.25, -0.2) is 0 Å². The van der Waals surface area contributed by atoms with Crippen molar-refractivity contribution < 1.29 is 14.3 Å². The SMILES string of the molecule is CC(C)(C)NC(=O)[C@H](Cc1ccc(OCc2ccccc2)cc1)NC(=O)[C@@H](N)Cc1ccncc1. The number of nitrogens with two attached hydrogens (primary N) is 1. The highest BCUT2D eigenvalue weighted by atomic mass is 16.5. The summed E-state index contributed by atoms with van der Waals surface area (Å²) in [5.74, 6) is 0.0988. The van der Waals surface area contributed by atoms with Crippen molar-refractivity contribution in [3.8, 4) is 5.75 Å². The van der Waals surface area contributed by atoms with Crippen molar-refractivity contribution in [2.75, 3.05) is 0 Å². The van der Waals surface area contributed by atoms with Gasteiger partial charge in [0.1, 0.15) is 18.4 Å². The van der Waals surface area contributed by atoms with Crippen LogP contribution in [0.15, 0.2) is 79.1 Å². The average molecular weight is 475 g/mol. The maximum atomic E-state index is 13.0. The molecule has 35 heavy (non-hydrogen) atoms. The topological polar surface area (TPSA) is 106 Å². The van der Waals surface area contributed by atoms with Crippen molar-refractivity contribution in [3.63, 3.8) is 0 Å². The predicted molar refractivity (Wildman–Crippen MR) is 137 cm³/mol. The molecule has 2 atom stereocenters. The largest absolute Gasteiger partial charge is 0.489 e. The summed E-state index contributed by atoms with van der Waals surface area (Å²) < 4.78 is 5.85. The number of amides is 2. The molecule has 184 valence electrons. The van der Waals surface area contributed by atoms with Crippen LogP contribution in [0.3, 0.4) is 0 Å². The van der Waals surface area contributed by atoms with Crippen molar-refractivity contribution in [2.45, 2.75) is 57.8 Å². The molecule has 3 rings (SSSR count). The quantitative estimate of drug-likeness (QED) is 0.419. The van der Waals surface area contributed by atoms with Gasteiger partial charge in [0.15, 0.2) is 0 Å². The Labute approximate surface area is 207 Å². The Morgan fingerprint density at radius 2 is 1.49 bits per heavy atom.